The lowest BCUT2D eigenvalue weighted by molar-refractivity contribution is 0.173. The first-order valence-corrected chi connectivity index (χ1v) is 8.76. The van der Waals surface area contributed by atoms with E-state index < -0.39 is 0 Å². The zero-order valence-corrected chi connectivity index (χ0v) is 15.4. The Labute approximate surface area is 149 Å². The van der Waals surface area contributed by atoms with E-state index in [0.29, 0.717) is 0 Å². The summed E-state index contributed by atoms with van der Waals surface area (Å²) in [6, 6.07) is 10.0. The first-order chi connectivity index (χ1) is 11.1. The number of nitrogens with zero attached hydrogens (tertiary/aromatic N) is 3. The Morgan fingerprint density at radius 2 is 2.09 bits per heavy atom. The number of anilines is 1. The molecule has 0 atom stereocenters. The van der Waals surface area contributed by atoms with Crippen LogP contribution >= 0.6 is 28.1 Å². The van der Waals surface area contributed by atoms with Crippen molar-refractivity contribution in [2.24, 2.45) is 0 Å². The highest BCUT2D eigenvalue weighted by molar-refractivity contribution is 9.10. The average molecular weight is 395 g/mol. The molecule has 1 aromatic carbocycles. The van der Waals surface area contributed by atoms with E-state index in [1.807, 2.05) is 37.3 Å². The lowest BCUT2D eigenvalue weighted by Gasteiger charge is -2.35. The number of hydrogen-bond acceptors (Lipinski definition) is 4. The van der Waals surface area contributed by atoms with Gasteiger partial charge in [0, 0.05) is 49.0 Å². The van der Waals surface area contributed by atoms with Gasteiger partial charge in [0.1, 0.15) is 5.76 Å². The normalized spacial score (nSPS) is 15.7. The fraction of sp³-hybridized carbons (Fsp3) is 0.375. The number of nitrogens with one attached hydrogen (secondary N) is 1. The van der Waals surface area contributed by atoms with Crippen molar-refractivity contribution >= 4 is 38.9 Å². The van der Waals surface area contributed by atoms with Crippen LogP contribution in [0.2, 0.25) is 0 Å². The summed E-state index contributed by atoms with van der Waals surface area (Å²) in [5, 5.41) is 8.13. The average Bonchev–Trinajstić information content (AvgIpc) is 2.93. The smallest absolute Gasteiger partial charge is 0.173 e. The van der Waals surface area contributed by atoms with Gasteiger partial charge < -0.3 is 14.7 Å². The van der Waals surface area contributed by atoms with Crippen molar-refractivity contribution in [2.75, 3.05) is 31.5 Å². The van der Waals surface area contributed by atoms with Gasteiger partial charge in [0.25, 0.3) is 0 Å². The maximum absolute atomic E-state index is 5.52. The predicted molar refractivity (Wildman–Crippen MR) is 98.5 cm³/mol. The molecule has 0 amide bonds. The van der Waals surface area contributed by atoms with E-state index in [1.165, 1.54) is 0 Å². The van der Waals surface area contributed by atoms with Crippen molar-refractivity contribution < 1.29 is 4.52 Å². The van der Waals surface area contributed by atoms with Crippen molar-refractivity contribution in [1.82, 2.24) is 15.0 Å². The molecule has 0 spiro atoms. The van der Waals surface area contributed by atoms with E-state index >= 15 is 0 Å². The molecule has 1 aliphatic heterocycles. The molecule has 0 aliphatic carbocycles. The van der Waals surface area contributed by atoms with E-state index in [4.69, 9.17) is 16.7 Å². The van der Waals surface area contributed by atoms with Crippen LogP contribution in [0, 0.1) is 6.92 Å². The predicted octanol–water partition coefficient (Wildman–Crippen LogP) is 3.26. The Kier molecular flexibility index (Phi) is 5.30. The minimum absolute atomic E-state index is 0.778. The molecule has 23 heavy (non-hydrogen) atoms. The fourth-order valence-corrected chi connectivity index (χ4v) is 3.30. The van der Waals surface area contributed by atoms with Crippen molar-refractivity contribution in [1.29, 1.82) is 0 Å². The minimum atomic E-state index is 0.778. The van der Waals surface area contributed by atoms with E-state index in [9.17, 15) is 0 Å². The molecule has 1 aliphatic rings. The molecule has 7 heteroatoms. The third kappa shape index (κ3) is 4.53. The maximum atomic E-state index is 5.52. The van der Waals surface area contributed by atoms with E-state index in [-0.39, 0.29) is 0 Å². The van der Waals surface area contributed by atoms with Crippen molar-refractivity contribution in [2.45, 2.75) is 13.5 Å². The fourth-order valence-electron chi connectivity index (χ4n) is 2.60. The van der Waals surface area contributed by atoms with Crippen LogP contribution in [0.5, 0.6) is 0 Å². The minimum Gasteiger partial charge on any atom is -0.361 e. The molecule has 122 valence electrons. The molecule has 0 saturated carbocycles. The van der Waals surface area contributed by atoms with Gasteiger partial charge in [-0.15, -0.1) is 0 Å². The van der Waals surface area contributed by atoms with Crippen molar-refractivity contribution in [3.05, 3.63) is 46.3 Å². The van der Waals surface area contributed by atoms with Gasteiger partial charge in [0.2, 0.25) is 0 Å². The standard InChI is InChI=1S/C16H19BrN4OS/c1-12-9-15(19-22-12)11-20-5-7-21(8-6-20)16(23)18-14-4-2-3-13(17)10-14/h2-4,9-10H,5-8,11H2,1H3,(H,18,23). The Bertz CT molecular complexity index is 682. The highest BCUT2D eigenvalue weighted by Gasteiger charge is 2.20. The summed E-state index contributed by atoms with van der Waals surface area (Å²) in [6.07, 6.45) is 0. The maximum Gasteiger partial charge on any atom is 0.173 e. The van der Waals surface area contributed by atoms with Crippen LogP contribution in [0.3, 0.4) is 0 Å². The van der Waals surface area contributed by atoms with Gasteiger partial charge >= 0.3 is 0 Å². The number of aromatic nitrogens is 1. The lowest BCUT2D eigenvalue weighted by atomic mass is 10.3. The molecular formula is C16H19BrN4OS. The SMILES string of the molecule is Cc1cc(CN2CCN(C(=S)Nc3cccc(Br)c3)CC2)no1. The first kappa shape index (κ1) is 16.4. The lowest BCUT2D eigenvalue weighted by Crippen LogP contribution is -2.49. The molecule has 0 bridgehead atoms. The van der Waals surface area contributed by atoms with Crippen LogP contribution < -0.4 is 5.32 Å². The third-order valence-electron chi connectivity index (χ3n) is 3.80. The van der Waals surface area contributed by atoms with Gasteiger partial charge in [-0.2, -0.15) is 0 Å². The number of rotatable bonds is 3. The van der Waals surface area contributed by atoms with Gasteiger partial charge in [0.15, 0.2) is 5.11 Å². The molecule has 0 radical (unpaired) electrons. The third-order valence-corrected chi connectivity index (χ3v) is 4.65. The largest absolute Gasteiger partial charge is 0.361 e. The van der Waals surface area contributed by atoms with Gasteiger partial charge in [-0.05, 0) is 37.3 Å². The van der Waals surface area contributed by atoms with Crippen LogP contribution in [0.4, 0.5) is 5.69 Å². The van der Waals surface area contributed by atoms with Gasteiger partial charge in [-0.1, -0.05) is 27.2 Å². The zero-order valence-electron chi connectivity index (χ0n) is 13.0. The Morgan fingerprint density at radius 3 is 2.74 bits per heavy atom. The number of piperazine rings is 1. The number of hydrogen-bond donors (Lipinski definition) is 1. The molecule has 2 aromatic rings. The molecule has 1 aromatic heterocycles. The van der Waals surface area contributed by atoms with E-state index in [0.717, 1.165) is 59.5 Å². The Balaban J connectivity index is 1.49. The molecule has 3 rings (SSSR count). The van der Waals surface area contributed by atoms with Gasteiger partial charge in [0.05, 0.1) is 5.69 Å². The number of benzene rings is 1. The second-order valence-electron chi connectivity index (χ2n) is 5.63. The Morgan fingerprint density at radius 1 is 1.30 bits per heavy atom. The van der Waals surface area contributed by atoms with Gasteiger partial charge in [-0.25, -0.2) is 0 Å². The van der Waals surface area contributed by atoms with Gasteiger partial charge in [-0.3, -0.25) is 4.90 Å². The molecule has 0 unspecified atom stereocenters. The molecular weight excluding hydrogens is 376 g/mol. The molecule has 1 saturated heterocycles. The highest BCUT2D eigenvalue weighted by atomic mass is 79.9. The summed E-state index contributed by atoms with van der Waals surface area (Å²) < 4.78 is 6.16. The van der Waals surface area contributed by atoms with Crippen molar-refractivity contribution in [3.8, 4) is 0 Å². The second kappa shape index (κ2) is 7.42. The van der Waals surface area contributed by atoms with Crippen LogP contribution in [-0.4, -0.2) is 46.2 Å². The summed E-state index contributed by atoms with van der Waals surface area (Å²) in [4.78, 5) is 4.58. The number of thiocarbonyl (C=S) groups is 1. The topological polar surface area (TPSA) is 44.5 Å². The summed E-state index contributed by atoms with van der Waals surface area (Å²) in [6.45, 7) is 6.50. The summed E-state index contributed by atoms with van der Waals surface area (Å²) in [7, 11) is 0. The number of halogens is 1. The molecule has 1 N–H and O–H groups in total. The summed E-state index contributed by atoms with van der Waals surface area (Å²) in [5.74, 6) is 0.859. The van der Waals surface area contributed by atoms with Crippen LogP contribution in [-0.2, 0) is 6.54 Å². The van der Waals surface area contributed by atoms with Crippen molar-refractivity contribution in [3.63, 3.8) is 0 Å². The molecule has 1 fully saturated rings. The molecule has 5 nitrogen and oxygen atoms in total. The summed E-state index contributed by atoms with van der Waals surface area (Å²) >= 11 is 9.00. The Hall–Kier alpha value is -1.44. The highest BCUT2D eigenvalue weighted by Crippen LogP contribution is 2.17. The van der Waals surface area contributed by atoms with E-state index in [2.05, 4.69) is 36.2 Å². The molecule has 2 heterocycles. The monoisotopic (exact) mass is 394 g/mol. The van der Waals surface area contributed by atoms with Crippen LogP contribution in [0.15, 0.2) is 39.3 Å². The zero-order chi connectivity index (χ0) is 16.2. The first-order valence-electron chi connectivity index (χ1n) is 7.56. The second-order valence-corrected chi connectivity index (χ2v) is 6.93. The number of aryl methyl sites for hydroxylation is 1. The quantitative estimate of drug-likeness (QED) is 0.805. The van der Waals surface area contributed by atoms with E-state index in [1.54, 1.807) is 0 Å². The van der Waals surface area contributed by atoms with Crippen LogP contribution in [0.1, 0.15) is 11.5 Å². The van der Waals surface area contributed by atoms with Crippen LogP contribution in [0.25, 0.3) is 0 Å². The summed E-state index contributed by atoms with van der Waals surface area (Å²) in [5.41, 5.74) is 2.00.